The van der Waals surface area contributed by atoms with Crippen LogP contribution in [-0.2, 0) is 19.9 Å². The van der Waals surface area contributed by atoms with E-state index in [-0.39, 0.29) is 0 Å². The molecule has 0 aliphatic carbocycles. The Morgan fingerprint density at radius 3 is 2.53 bits per heavy atom. The van der Waals surface area contributed by atoms with E-state index in [2.05, 4.69) is 10.1 Å². The van der Waals surface area contributed by atoms with Gasteiger partial charge < -0.3 is 5.11 Å². The minimum atomic E-state index is -0.803. The van der Waals surface area contributed by atoms with E-state index >= 15 is 0 Å². The van der Waals surface area contributed by atoms with Crippen molar-refractivity contribution in [1.82, 2.24) is 14.8 Å². The summed E-state index contributed by atoms with van der Waals surface area (Å²) in [4.78, 5) is 4.13. The number of aliphatic hydroxyl groups is 1. The first-order valence-electron chi connectivity index (χ1n) is 5.66. The lowest BCUT2D eigenvalue weighted by Crippen LogP contribution is -2.31. The fourth-order valence-corrected chi connectivity index (χ4v) is 1.92. The Labute approximate surface area is 101 Å². The van der Waals surface area contributed by atoms with Gasteiger partial charge in [-0.25, -0.2) is 4.98 Å². The van der Waals surface area contributed by atoms with Crippen molar-refractivity contribution < 1.29 is 5.11 Å². The van der Waals surface area contributed by atoms with Crippen LogP contribution in [0.25, 0.3) is 0 Å². The van der Waals surface area contributed by atoms with Crippen LogP contribution in [0.3, 0.4) is 0 Å². The lowest BCUT2D eigenvalue weighted by molar-refractivity contribution is 0.0578. The molecule has 4 heteroatoms. The Morgan fingerprint density at radius 1 is 1.24 bits per heavy atom. The molecule has 1 N–H and O–H groups in total. The Morgan fingerprint density at radius 2 is 1.94 bits per heavy atom. The second-order valence-corrected chi connectivity index (χ2v) is 4.64. The van der Waals surface area contributed by atoms with E-state index in [4.69, 9.17) is 0 Å². The third-order valence-electron chi connectivity index (χ3n) is 2.77. The molecule has 2 aromatic rings. The summed E-state index contributed by atoms with van der Waals surface area (Å²) in [6.07, 6.45) is 2.62. The lowest BCUT2D eigenvalue weighted by Gasteiger charge is -2.22. The van der Waals surface area contributed by atoms with Gasteiger partial charge in [-0.15, -0.1) is 0 Å². The van der Waals surface area contributed by atoms with E-state index in [0.717, 1.165) is 11.4 Å². The third kappa shape index (κ3) is 3.14. The van der Waals surface area contributed by atoms with Gasteiger partial charge in [0.2, 0.25) is 0 Å². The third-order valence-corrected chi connectivity index (χ3v) is 2.77. The maximum absolute atomic E-state index is 10.4. The van der Waals surface area contributed by atoms with Crippen molar-refractivity contribution in [2.75, 3.05) is 0 Å². The average molecular weight is 231 g/mol. The van der Waals surface area contributed by atoms with E-state index in [1.807, 2.05) is 44.3 Å². The molecule has 0 radical (unpaired) electrons. The Kier molecular flexibility index (Phi) is 3.24. The summed E-state index contributed by atoms with van der Waals surface area (Å²) < 4.78 is 1.69. The molecule has 0 aliphatic rings. The number of nitrogens with zero attached hydrogens (tertiary/aromatic N) is 3. The highest BCUT2D eigenvalue weighted by atomic mass is 16.3. The first-order valence-corrected chi connectivity index (χ1v) is 5.66. The summed E-state index contributed by atoms with van der Waals surface area (Å²) in [5, 5.41) is 14.4. The molecule has 17 heavy (non-hydrogen) atoms. The molecule has 90 valence electrons. The lowest BCUT2D eigenvalue weighted by atomic mass is 9.93. The number of aryl methyl sites for hydroxylation is 1. The molecular weight excluding hydrogens is 214 g/mol. The Bertz CT molecular complexity index is 476. The average Bonchev–Trinajstić information content (AvgIpc) is 2.64. The molecular formula is C13H17N3O. The van der Waals surface area contributed by atoms with Crippen molar-refractivity contribution in [1.29, 1.82) is 0 Å². The molecule has 1 aromatic carbocycles. The van der Waals surface area contributed by atoms with E-state index in [1.165, 1.54) is 6.33 Å². The molecule has 2 rings (SSSR count). The van der Waals surface area contributed by atoms with Crippen LogP contribution >= 0.6 is 0 Å². The minimum Gasteiger partial charge on any atom is -0.389 e. The normalized spacial score (nSPS) is 14.5. The summed E-state index contributed by atoms with van der Waals surface area (Å²) >= 11 is 0. The molecule has 0 fully saturated rings. The number of hydrogen-bond donors (Lipinski definition) is 1. The predicted octanol–water partition coefficient (Wildman–Crippen LogP) is 1.35. The van der Waals surface area contributed by atoms with Crippen molar-refractivity contribution in [2.24, 2.45) is 7.05 Å². The molecule has 0 bridgehead atoms. The SMILES string of the molecule is Cn1ncnc1CC(C)(O)Cc1ccccc1. The maximum Gasteiger partial charge on any atom is 0.138 e. The van der Waals surface area contributed by atoms with Gasteiger partial charge in [0.05, 0.1) is 5.60 Å². The summed E-state index contributed by atoms with van der Waals surface area (Å²) in [7, 11) is 1.83. The summed E-state index contributed by atoms with van der Waals surface area (Å²) in [6.45, 7) is 1.83. The zero-order chi connectivity index (χ0) is 12.3. The van der Waals surface area contributed by atoms with Gasteiger partial charge in [0.25, 0.3) is 0 Å². The quantitative estimate of drug-likeness (QED) is 0.864. The summed E-state index contributed by atoms with van der Waals surface area (Å²) in [5.74, 6) is 0.797. The van der Waals surface area contributed by atoms with Crippen molar-refractivity contribution in [3.05, 3.63) is 48.0 Å². The first-order chi connectivity index (χ1) is 8.07. The topological polar surface area (TPSA) is 50.9 Å². The van der Waals surface area contributed by atoms with Crippen LogP contribution in [0.2, 0.25) is 0 Å². The van der Waals surface area contributed by atoms with Crippen molar-refractivity contribution in [3.63, 3.8) is 0 Å². The molecule has 1 atom stereocenters. The predicted molar refractivity (Wildman–Crippen MR) is 65.5 cm³/mol. The number of aromatic nitrogens is 3. The van der Waals surface area contributed by atoms with E-state index in [0.29, 0.717) is 12.8 Å². The van der Waals surface area contributed by atoms with Gasteiger partial charge in [0.15, 0.2) is 0 Å². The molecule has 0 spiro atoms. The largest absolute Gasteiger partial charge is 0.389 e. The molecule has 1 heterocycles. The van der Waals surface area contributed by atoms with Crippen LogP contribution in [-0.4, -0.2) is 25.5 Å². The molecule has 4 nitrogen and oxygen atoms in total. The van der Waals surface area contributed by atoms with Gasteiger partial charge in [0, 0.05) is 19.9 Å². The molecule has 0 saturated heterocycles. The van der Waals surface area contributed by atoms with E-state index in [1.54, 1.807) is 4.68 Å². The molecule has 1 aromatic heterocycles. The van der Waals surface area contributed by atoms with Crippen molar-refractivity contribution in [3.8, 4) is 0 Å². The maximum atomic E-state index is 10.4. The second kappa shape index (κ2) is 4.67. The van der Waals surface area contributed by atoms with Crippen LogP contribution in [0.15, 0.2) is 36.7 Å². The van der Waals surface area contributed by atoms with E-state index < -0.39 is 5.60 Å². The van der Waals surface area contributed by atoms with Crippen molar-refractivity contribution >= 4 is 0 Å². The van der Waals surface area contributed by atoms with Gasteiger partial charge in [-0.1, -0.05) is 30.3 Å². The highest BCUT2D eigenvalue weighted by Crippen LogP contribution is 2.17. The first kappa shape index (κ1) is 11.8. The van der Waals surface area contributed by atoms with Crippen LogP contribution in [0.5, 0.6) is 0 Å². The standard InChI is InChI=1S/C13H17N3O/c1-13(17,8-11-6-4-3-5-7-11)9-12-14-10-15-16(12)2/h3-7,10,17H,8-9H2,1-2H3. The Hall–Kier alpha value is -1.68. The number of benzene rings is 1. The highest BCUT2D eigenvalue weighted by Gasteiger charge is 2.23. The van der Waals surface area contributed by atoms with Gasteiger partial charge in [0.1, 0.15) is 12.2 Å². The van der Waals surface area contributed by atoms with Crippen molar-refractivity contribution in [2.45, 2.75) is 25.4 Å². The fraction of sp³-hybridized carbons (Fsp3) is 0.385. The van der Waals surface area contributed by atoms with Gasteiger partial charge in [-0.05, 0) is 12.5 Å². The number of rotatable bonds is 4. The summed E-state index contributed by atoms with van der Waals surface area (Å²) in [5.41, 5.74) is 0.321. The monoisotopic (exact) mass is 231 g/mol. The van der Waals surface area contributed by atoms with Gasteiger partial charge >= 0.3 is 0 Å². The van der Waals surface area contributed by atoms with Crippen LogP contribution < -0.4 is 0 Å². The van der Waals surface area contributed by atoms with Crippen LogP contribution in [0, 0.1) is 0 Å². The Balaban J connectivity index is 2.07. The second-order valence-electron chi connectivity index (χ2n) is 4.64. The fourth-order valence-electron chi connectivity index (χ4n) is 1.92. The molecule has 0 saturated carbocycles. The molecule has 1 unspecified atom stereocenters. The van der Waals surface area contributed by atoms with Gasteiger partial charge in [-0.2, -0.15) is 5.10 Å². The zero-order valence-corrected chi connectivity index (χ0v) is 10.2. The highest BCUT2D eigenvalue weighted by molar-refractivity contribution is 5.17. The smallest absolute Gasteiger partial charge is 0.138 e. The molecule has 0 aliphatic heterocycles. The van der Waals surface area contributed by atoms with E-state index in [9.17, 15) is 5.11 Å². The van der Waals surface area contributed by atoms with Crippen LogP contribution in [0.4, 0.5) is 0 Å². The minimum absolute atomic E-state index is 0.498. The zero-order valence-electron chi connectivity index (χ0n) is 10.2. The van der Waals surface area contributed by atoms with Gasteiger partial charge in [-0.3, -0.25) is 4.68 Å². The number of hydrogen-bond acceptors (Lipinski definition) is 3. The van der Waals surface area contributed by atoms with Crippen LogP contribution in [0.1, 0.15) is 18.3 Å². The molecule has 0 amide bonds. The summed E-state index contributed by atoms with van der Waals surface area (Å²) in [6, 6.07) is 9.97.